The third-order valence-electron chi connectivity index (χ3n) is 2.95. The molecule has 2 fully saturated rings. The Kier molecular flexibility index (Phi) is 2.31. The summed E-state index contributed by atoms with van der Waals surface area (Å²) in [6.45, 7) is 3.25. The van der Waals surface area contributed by atoms with Gasteiger partial charge in [0.05, 0.1) is 0 Å². The van der Waals surface area contributed by atoms with E-state index in [4.69, 9.17) is 0 Å². The maximum atomic E-state index is 11.4. The Hall–Kier alpha value is -0.170. The van der Waals surface area contributed by atoms with Gasteiger partial charge in [-0.2, -0.15) is 12.7 Å². The first kappa shape index (κ1) is 9.39. The van der Waals surface area contributed by atoms with Crippen LogP contribution in [0, 0.1) is 11.8 Å². The summed E-state index contributed by atoms with van der Waals surface area (Å²) in [7, 11) is -1.72. The molecule has 0 amide bonds. The number of nitrogens with zero attached hydrogens (tertiary/aromatic N) is 1. The van der Waals surface area contributed by atoms with Gasteiger partial charge in [-0.1, -0.05) is 0 Å². The van der Waals surface area contributed by atoms with Crippen molar-refractivity contribution in [1.29, 1.82) is 0 Å². The molecule has 0 aromatic carbocycles. The van der Waals surface area contributed by atoms with E-state index in [9.17, 15) is 8.42 Å². The van der Waals surface area contributed by atoms with Crippen LogP contribution in [0.3, 0.4) is 0 Å². The maximum absolute atomic E-state index is 11.4. The Labute approximate surface area is 78.7 Å². The molecule has 2 N–H and O–H groups in total. The molecule has 2 aliphatic rings. The minimum Gasteiger partial charge on any atom is -0.316 e. The third kappa shape index (κ3) is 1.59. The molecule has 0 saturated carbocycles. The first-order valence-electron chi connectivity index (χ1n) is 4.53. The van der Waals surface area contributed by atoms with E-state index < -0.39 is 10.2 Å². The van der Waals surface area contributed by atoms with Gasteiger partial charge in [-0.25, -0.2) is 4.72 Å². The normalized spacial score (nSPS) is 35.2. The molecule has 2 heterocycles. The van der Waals surface area contributed by atoms with Crippen molar-refractivity contribution in [2.75, 3.05) is 33.2 Å². The van der Waals surface area contributed by atoms with Crippen molar-refractivity contribution in [3.05, 3.63) is 0 Å². The van der Waals surface area contributed by atoms with Crippen LogP contribution >= 0.6 is 0 Å². The van der Waals surface area contributed by atoms with Crippen LogP contribution in [-0.4, -0.2) is 45.9 Å². The van der Waals surface area contributed by atoms with Crippen molar-refractivity contribution >= 4 is 10.2 Å². The van der Waals surface area contributed by atoms with Gasteiger partial charge in [-0.3, -0.25) is 0 Å². The summed E-state index contributed by atoms with van der Waals surface area (Å²) in [4.78, 5) is 0. The van der Waals surface area contributed by atoms with Crippen LogP contribution in [0.15, 0.2) is 0 Å². The van der Waals surface area contributed by atoms with Gasteiger partial charge >= 0.3 is 0 Å². The summed E-state index contributed by atoms with van der Waals surface area (Å²) in [6, 6.07) is 0. The molecule has 0 radical (unpaired) electrons. The second-order valence-corrected chi connectivity index (χ2v) is 5.58. The standard InChI is InChI=1S/C7H15N3O2S/c1-8-13(11,12)10-4-6-2-9-3-7(6)5-10/h6-9H,2-5H2,1H3. The fraction of sp³-hybridized carbons (Fsp3) is 1.00. The first-order chi connectivity index (χ1) is 6.13. The van der Waals surface area contributed by atoms with Gasteiger partial charge in [0.15, 0.2) is 0 Å². The second kappa shape index (κ2) is 3.20. The molecule has 0 aliphatic carbocycles. The van der Waals surface area contributed by atoms with E-state index in [1.807, 2.05) is 0 Å². The largest absolute Gasteiger partial charge is 0.316 e. The van der Waals surface area contributed by atoms with Gasteiger partial charge < -0.3 is 5.32 Å². The summed E-state index contributed by atoms with van der Waals surface area (Å²) in [5.74, 6) is 1.03. The summed E-state index contributed by atoms with van der Waals surface area (Å²) >= 11 is 0. The average molecular weight is 205 g/mol. The van der Waals surface area contributed by atoms with Crippen molar-refractivity contribution in [2.45, 2.75) is 0 Å². The molecule has 6 heteroatoms. The molecule has 76 valence electrons. The number of hydrogen-bond donors (Lipinski definition) is 2. The van der Waals surface area contributed by atoms with Crippen molar-refractivity contribution in [1.82, 2.24) is 14.3 Å². The predicted octanol–water partition coefficient (Wildman–Crippen LogP) is -1.40. The Balaban J connectivity index is 2.07. The fourth-order valence-corrected chi connectivity index (χ4v) is 3.17. The molecule has 2 saturated heterocycles. The zero-order valence-corrected chi connectivity index (χ0v) is 8.47. The van der Waals surface area contributed by atoms with Gasteiger partial charge in [0.2, 0.25) is 0 Å². The van der Waals surface area contributed by atoms with E-state index in [2.05, 4.69) is 10.0 Å². The molecule has 2 aliphatic heterocycles. The number of nitrogens with one attached hydrogen (secondary N) is 2. The van der Waals surface area contributed by atoms with Crippen LogP contribution in [0.4, 0.5) is 0 Å². The Morgan fingerprint density at radius 1 is 1.31 bits per heavy atom. The summed E-state index contributed by atoms with van der Waals surface area (Å²) in [6.07, 6.45) is 0. The van der Waals surface area contributed by atoms with E-state index in [0.717, 1.165) is 13.1 Å². The highest BCUT2D eigenvalue weighted by atomic mass is 32.2. The van der Waals surface area contributed by atoms with E-state index in [0.29, 0.717) is 24.9 Å². The van der Waals surface area contributed by atoms with E-state index >= 15 is 0 Å². The number of rotatable bonds is 2. The topological polar surface area (TPSA) is 61.4 Å². The molecule has 13 heavy (non-hydrogen) atoms. The molecule has 0 aromatic rings. The first-order valence-corrected chi connectivity index (χ1v) is 5.97. The second-order valence-electron chi connectivity index (χ2n) is 3.70. The van der Waals surface area contributed by atoms with Crippen molar-refractivity contribution in [2.24, 2.45) is 11.8 Å². The van der Waals surface area contributed by atoms with E-state index in [-0.39, 0.29) is 0 Å². The molecule has 0 aromatic heterocycles. The van der Waals surface area contributed by atoms with Crippen LogP contribution < -0.4 is 10.0 Å². The van der Waals surface area contributed by atoms with Crippen molar-refractivity contribution < 1.29 is 8.42 Å². The lowest BCUT2D eigenvalue weighted by atomic mass is 10.0. The summed E-state index contributed by atoms with van der Waals surface area (Å²) in [5.41, 5.74) is 0. The number of hydrogen-bond acceptors (Lipinski definition) is 3. The van der Waals surface area contributed by atoms with E-state index in [1.54, 1.807) is 4.31 Å². The zero-order valence-electron chi connectivity index (χ0n) is 7.66. The lowest BCUT2D eigenvalue weighted by Crippen LogP contribution is -2.38. The highest BCUT2D eigenvalue weighted by Crippen LogP contribution is 2.27. The van der Waals surface area contributed by atoms with Crippen molar-refractivity contribution in [3.63, 3.8) is 0 Å². The van der Waals surface area contributed by atoms with E-state index in [1.165, 1.54) is 7.05 Å². The van der Waals surface area contributed by atoms with Crippen LogP contribution in [-0.2, 0) is 10.2 Å². The maximum Gasteiger partial charge on any atom is 0.279 e. The van der Waals surface area contributed by atoms with Crippen LogP contribution in [0.5, 0.6) is 0 Å². The molecular weight excluding hydrogens is 190 g/mol. The Morgan fingerprint density at radius 3 is 2.31 bits per heavy atom. The fourth-order valence-electron chi connectivity index (χ4n) is 2.14. The average Bonchev–Trinajstić information content (AvgIpc) is 2.61. The zero-order chi connectivity index (χ0) is 9.47. The van der Waals surface area contributed by atoms with Gasteiger partial charge in [-0.05, 0) is 24.9 Å². The van der Waals surface area contributed by atoms with Crippen LogP contribution in [0.1, 0.15) is 0 Å². The minimum atomic E-state index is -3.18. The van der Waals surface area contributed by atoms with Crippen molar-refractivity contribution in [3.8, 4) is 0 Å². The summed E-state index contributed by atoms with van der Waals surface area (Å²) < 4.78 is 26.7. The minimum absolute atomic E-state index is 0.517. The van der Waals surface area contributed by atoms with Gasteiger partial charge in [0.1, 0.15) is 0 Å². The third-order valence-corrected chi connectivity index (χ3v) is 4.45. The van der Waals surface area contributed by atoms with Crippen LogP contribution in [0.25, 0.3) is 0 Å². The molecular formula is C7H15N3O2S. The lowest BCUT2D eigenvalue weighted by Gasteiger charge is -2.15. The summed E-state index contributed by atoms with van der Waals surface area (Å²) in [5, 5.41) is 3.27. The molecule has 5 nitrogen and oxygen atoms in total. The van der Waals surface area contributed by atoms with Crippen LogP contribution in [0.2, 0.25) is 0 Å². The smallest absolute Gasteiger partial charge is 0.279 e. The molecule has 2 unspecified atom stereocenters. The van der Waals surface area contributed by atoms with Gasteiger partial charge in [-0.15, -0.1) is 0 Å². The predicted molar refractivity (Wildman–Crippen MR) is 49.4 cm³/mol. The Bertz CT molecular complexity index is 278. The Morgan fingerprint density at radius 2 is 1.85 bits per heavy atom. The van der Waals surface area contributed by atoms with Gasteiger partial charge in [0.25, 0.3) is 10.2 Å². The molecule has 0 spiro atoms. The highest BCUT2D eigenvalue weighted by Gasteiger charge is 2.40. The highest BCUT2D eigenvalue weighted by molar-refractivity contribution is 7.87. The molecule has 2 rings (SSSR count). The monoisotopic (exact) mass is 205 g/mol. The lowest BCUT2D eigenvalue weighted by molar-refractivity contribution is 0.442. The van der Waals surface area contributed by atoms with Gasteiger partial charge in [0, 0.05) is 20.1 Å². The SMILES string of the molecule is CNS(=O)(=O)N1CC2CNCC2C1. The quantitative estimate of drug-likeness (QED) is 0.583. The molecule has 0 bridgehead atoms. The number of fused-ring (bicyclic) bond motifs is 1. The molecule has 2 atom stereocenters.